The van der Waals surface area contributed by atoms with Crippen molar-refractivity contribution in [3.63, 3.8) is 0 Å². The van der Waals surface area contributed by atoms with Crippen molar-refractivity contribution in [2.75, 3.05) is 36.5 Å². The molecule has 4 rings (SSSR count). The molecule has 27 heavy (non-hydrogen) atoms. The van der Waals surface area contributed by atoms with Crippen LogP contribution in [0.3, 0.4) is 0 Å². The van der Waals surface area contributed by atoms with Crippen LogP contribution in [0.5, 0.6) is 0 Å². The molecule has 3 aromatic rings. The van der Waals surface area contributed by atoms with Gasteiger partial charge in [-0.05, 0) is 17.7 Å². The van der Waals surface area contributed by atoms with E-state index in [0.717, 1.165) is 31.0 Å². The van der Waals surface area contributed by atoms with Gasteiger partial charge in [0.1, 0.15) is 18.0 Å². The Morgan fingerprint density at radius 3 is 2.70 bits per heavy atom. The van der Waals surface area contributed by atoms with E-state index >= 15 is 0 Å². The van der Waals surface area contributed by atoms with E-state index in [1.165, 1.54) is 6.33 Å². The van der Waals surface area contributed by atoms with Gasteiger partial charge < -0.3 is 19.5 Å². The van der Waals surface area contributed by atoms with Crippen molar-refractivity contribution >= 4 is 17.5 Å². The zero-order valence-corrected chi connectivity index (χ0v) is 14.8. The van der Waals surface area contributed by atoms with E-state index in [0.29, 0.717) is 24.6 Å². The first-order chi connectivity index (χ1) is 13.3. The fourth-order valence-corrected chi connectivity index (χ4v) is 2.92. The highest BCUT2D eigenvalue weighted by Gasteiger charge is 2.14. The first-order valence-corrected chi connectivity index (χ1v) is 8.79. The first kappa shape index (κ1) is 17.2. The summed E-state index contributed by atoms with van der Waals surface area (Å²) in [6.07, 6.45) is 6.88. The van der Waals surface area contributed by atoms with Crippen molar-refractivity contribution in [2.24, 2.45) is 0 Å². The Kier molecular flexibility index (Phi) is 5.06. The van der Waals surface area contributed by atoms with Gasteiger partial charge in [0, 0.05) is 43.7 Å². The predicted octanol–water partition coefficient (Wildman–Crippen LogP) is 1.81. The number of carbonyl (C=O) groups excluding carboxylic acids is 1. The summed E-state index contributed by atoms with van der Waals surface area (Å²) >= 11 is 0. The Balaban J connectivity index is 1.41. The molecule has 2 aromatic heterocycles. The Hall–Kier alpha value is -3.26. The fourth-order valence-electron chi connectivity index (χ4n) is 2.92. The predicted molar refractivity (Wildman–Crippen MR) is 101 cm³/mol. The van der Waals surface area contributed by atoms with E-state index < -0.39 is 0 Å². The maximum absolute atomic E-state index is 12.5. The summed E-state index contributed by atoms with van der Waals surface area (Å²) in [5, 5.41) is 2.84. The first-order valence-electron chi connectivity index (χ1n) is 8.79. The van der Waals surface area contributed by atoms with Crippen LogP contribution in [-0.4, -0.2) is 51.7 Å². The summed E-state index contributed by atoms with van der Waals surface area (Å²) in [6.45, 7) is 3.64. The highest BCUT2D eigenvalue weighted by atomic mass is 16.5. The minimum atomic E-state index is -0.198. The summed E-state index contributed by atoms with van der Waals surface area (Å²) < 4.78 is 7.33. The lowest BCUT2D eigenvalue weighted by Gasteiger charge is -2.27. The molecule has 3 heterocycles. The number of hydrogen-bond donors (Lipinski definition) is 1. The van der Waals surface area contributed by atoms with E-state index in [1.807, 2.05) is 35.0 Å². The maximum Gasteiger partial charge on any atom is 0.256 e. The molecule has 8 heteroatoms. The molecule has 0 radical (unpaired) electrons. The van der Waals surface area contributed by atoms with Crippen molar-refractivity contribution in [1.29, 1.82) is 0 Å². The monoisotopic (exact) mass is 364 g/mol. The van der Waals surface area contributed by atoms with Crippen molar-refractivity contribution in [1.82, 2.24) is 19.5 Å². The van der Waals surface area contributed by atoms with Gasteiger partial charge in [-0.15, -0.1) is 0 Å². The third-order valence-electron chi connectivity index (χ3n) is 4.37. The molecular formula is C19H20N6O2. The molecule has 1 aromatic carbocycles. The number of nitrogens with zero attached hydrogens (tertiary/aromatic N) is 5. The molecule has 0 unspecified atom stereocenters. The minimum absolute atomic E-state index is 0.198. The number of benzene rings is 1. The van der Waals surface area contributed by atoms with Gasteiger partial charge in [0.15, 0.2) is 0 Å². The molecule has 0 aliphatic carbocycles. The zero-order chi connectivity index (χ0) is 18.5. The molecule has 0 saturated carbocycles. The van der Waals surface area contributed by atoms with E-state index in [2.05, 4.69) is 25.2 Å². The molecular weight excluding hydrogens is 344 g/mol. The number of morpholine rings is 1. The highest BCUT2D eigenvalue weighted by Crippen LogP contribution is 2.16. The van der Waals surface area contributed by atoms with Crippen molar-refractivity contribution in [2.45, 2.75) is 6.54 Å². The highest BCUT2D eigenvalue weighted by molar-refractivity contribution is 6.03. The second-order valence-electron chi connectivity index (χ2n) is 6.25. The van der Waals surface area contributed by atoms with E-state index in [-0.39, 0.29) is 5.91 Å². The summed E-state index contributed by atoms with van der Waals surface area (Å²) in [4.78, 5) is 27.1. The van der Waals surface area contributed by atoms with Crippen LogP contribution in [0.4, 0.5) is 11.6 Å². The lowest BCUT2D eigenvalue weighted by Crippen LogP contribution is -2.36. The lowest BCUT2D eigenvalue weighted by molar-refractivity contribution is 0.102. The van der Waals surface area contributed by atoms with Gasteiger partial charge in [-0.25, -0.2) is 15.0 Å². The van der Waals surface area contributed by atoms with Crippen LogP contribution in [0.1, 0.15) is 15.9 Å². The zero-order valence-electron chi connectivity index (χ0n) is 14.8. The molecule has 1 amide bonds. The lowest BCUT2D eigenvalue weighted by atomic mass is 10.1. The minimum Gasteiger partial charge on any atom is -0.378 e. The number of rotatable bonds is 5. The second-order valence-corrected chi connectivity index (χ2v) is 6.25. The molecule has 0 atom stereocenters. The van der Waals surface area contributed by atoms with Crippen LogP contribution in [-0.2, 0) is 11.3 Å². The third-order valence-corrected chi connectivity index (χ3v) is 4.37. The van der Waals surface area contributed by atoms with Gasteiger partial charge in [0.25, 0.3) is 5.91 Å². The Bertz CT molecular complexity index is 889. The van der Waals surface area contributed by atoms with E-state index in [1.54, 1.807) is 18.6 Å². The van der Waals surface area contributed by atoms with Gasteiger partial charge in [-0.1, -0.05) is 12.1 Å². The topological polar surface area (TPSA) is 85.2 Å². The van der Waals surface area contributed by atoms with Crippen LogP contribution >= 0.6 is 0 Å². The molecule has 8 nitrogen and oxygen atoms in total. The van der Waals surface area contributed by atoms with Crippen LogP contribution < -0.4 is 10.2 Å². The van der Waals surface area contributed by atoms with Crippen LogP contribution in [0.25, 0.3) is 0 Å². The number of nitrogens with one attached hydrogen (secondary N) is 1. The van der Waals surface area contributed by atoms with E-state index in [9.17, 15) is 4.79 Å². The number of amides is 1. The Morgan fingerprint density at radius 1 is 1.15 bits per heavy atom. The number of carbonyl (C=O) groups is 1. The molecule has 138 valence electrons. The quantitative estimate of drug-likeness (QED) is 0.743. The normalized spacial score (nSPS) is 14.1. The SMILES string of the molecule is O=C(Nc1cc(N2CCOCC2)ncn1)c1ccc(Cn2ccnc2)cc1. The second kappa shape index (κ2) is 7.96. The molecule has 1 N–H and O–H groups in total. The van der Waals surface area contributed by atoms with Crippen molar-refractivity contribution < 1.29 is 9.53 Å². The molecule has 0 bridgehead atoms. The fraction of sp³-hybridized carbons (Fsp3) is 0.263. The molecule has 1 fully saturated rings. The van der Waals surface area contributed by atoms with Gasteiger partial charge in [0.2, 0.25) is 0 Å². The number of hydrogen-bond acceptors (Lipinski definition) is 6. The average Bonchev–Trinajstić information content (AvgIpc) is 3.22. The molecule has 1 saturated heterocycles. The Morgan fingerprint density at radius 2 is 1.96 bits per heavy atom. The molecule has 1 aliphatic rings. The number of aromatic nitrogens is 4. The van der Waals surface area contributed by atoms with Crippen LogP contribution in [0.15, 0.2) is 55.4 Å². The smallest absolute Gasteiger partial charge is 0.256 e. The maximum atomic E-state index is 12.5. The van der Waals surface area contributed by atoms with Crippen LogP contribution in [0, 0.1) is 0 Å². The van der Waals surface area contributed by atoms with Crippen molar-refractivity contribution in [3.8, 4) is 0 Å². The van der Waals surface area contributed by atoms with Crippen LogP contribution in [0.2, 0.25) is 0 Å². The number of imidazole rings is 1. The summed E-state index contributed by atoms with van der Waals surface area (Å²) in [5.74, 6) is 1.08. The van der Waals surface area contributed by atoms with Gasteiger partial charge in [-0.3, -0.25) is 4.79 Å². The number of anilines is 2. The summed E-state index contributed by atoms with van der Waals surface area (Å²) in [5.41, 5.74) is 1.68. The largest absolute Gasteiger partial charge is 0.378 e. The summed E-state index contributed by atoms with van der Waals surface area (Å²) in [7, 11) is 0. The van der Waals surface area contributed by atoms with Gasteiger partial charge in [-0.2, -0.15) is 0 Å². The number of ether oxygens (including phenoxy) is 1. The molecule has 0 spiro atoms. The third kappa shape index (κ3) is 4.29. The average molecular weight is 364 g/mol. The standard InChI is InChI=1S/C19H20N6O2/c26-19(16-3-1-15(2-4-16)12-24-6-5-20-14-24)23-17-11-18(22-13-21-17)25-7-9-27-10-8-25/h1-6,11,13-14H,7-10,12H2,(H,21,22,23,26). The van der Waals surface area contributed by atoms with Crippen molar-refractivity contribution in [3.05, 3.63) is 66.5 Å². The summed E-state index contributed by atoms with van der Waals surface area (Å²) in [6, 6.07) is 9.29. The Labute approximate surface area is 156 Å². The van der Waals surface area contributed by atoms with Gasteiger partial charge in [0.05, 0.1) is 19.5 Å². The van der Waals surface area contributed by atoms with Gasteiger partial charge >= 0.3 is 0 Å². The van der Waals surface area contributed by atoms with E-state index in [4.69, 9.17) is 4.74 Å². The molecule has 1 aliphatic heterocycles.